The molecule has 1 aliphatic heterocycles. The summed E-state index contributed by atoms with van der Waals surface area (Å²) in [7, 11) is 0. The molecule has 3 aromatic rings. The average molecular weight is 347 g/mol. The summed E-state index contributed by atoms with van der Waals surface area (Å²) in [6.07, 6.45) is 3.78. The lowest BCUT2D eigenvalue weighted by Crippen LogP contribution is -2.35. The number of halogens is 1. The Bertz CT molecular complexity index is 873. The molecule has 1 fully saturated rings. The van der Waals surface area contributed by atoms with E-state index in [1.807, 2.05) is 18.2 Å². The highest BCUT2D eigenvalue weighted by Crippen LogP contribution is 2.35. The Hall–Kier alpha value is -1.92. The molecule has 23 heavy (non-hydrogen) atoms. The summed E-state index contributed by atoms with van der Waals surface area (Å²) >= 11 is 7.90. The van der Waals surface area contributed by atoms with E-state index in [0.717, 1.165) is 36.5 Å². The van der Waals surface area contributed by atoms with Crippen molar-refractivity contribution in [3.8, 4) is 0 Å². The summed E-state index contributed by atoms with van der Waals surface area (Å²) < 4.78 is 1.22. The molecule has 0 saturated carbocycles. The molecule has 0 radical (unpaired) electrons. The van der Waals surface area contributed by atoms with Crippen LogP contribution in [-0.4, -0.2) is 28.3 Å². The summed E-state index contributed by atoms with van der Waals surface area (Å²) in [5, 5.41) is 7.61. The number of hydrogen-bond donors (Lipinski definition) is 1. The van der Waals surface area contributed by atoms with Gasteiger partial charge in [0.05, 0.1) is 27.1 Å². The van der Waals surface area contributed by atoms with Crippen LogP contribution in [0.4, 0.5) is 5.69 Å². The molecule has 118 valence electrons. The Morgan fingerprint density at radius 3 is 3.09 bits per heavy atom. The normalized spacial score (nSPS) is 18.5. The van der Waals surface area contributed by atoms with Crippen molar-refractivity contribution in [2.75, 3.05) is 18.0 Å². The highest BCUT2D eigenvalue weighted by Gasteiger charge is 2.26. The molecule has 0 aliphatic carbocycles. The first-order valence-corrected chi connectivity index (χ1v) is 8.75. The van der Waals surface area contributed by atoms with E-state index in [0.29, 0.717) is 11.6 Å². The van der Waals surface area contributed by atoms with Crippen molar-refractivity contribution in [1.29, 1.82) is 0 Å². The van der Waals surface area contributed by atoms with Crippen LogP contribution in [0.2, 0.25) is 5.02 Å². The molecular formula is C16H15ClN4OS. The molecule has 0 unspecified atom stereocenters. The summed E-state index contributed by atoms with van der Waals surface area (Å²) in [6, 6.07) is 8.21. The van der Waals surface area contributed by atoms with Crippen LogP contribution in [0.5, 0.6) is 0 Å². The third kappa shape index (κ3) is 2.72. The number of rotatable bonds is 2. The SMILES string of the molecule is O=c1[nH]ncc(N2CCC[C@H](c3nc4ccccc4s3)C2)c1Cl. The highest BCUT2D eigenvalue weighted by atomic mass is 35.5. The summed E-state index contributed by atoms with van der Waals surface area (Å²) in [5.41, 5.74) is 1.42. The minimum Gasteiger partial charge on any atom is -0.368 e. The third-order valence-electron chi connectivity index (χ3n) is 4.20. The number of fused-ring (bicyclic) bond motifs is 1. The van der Waals surface area contributed by atoms with Crippen LogP contribution >= 0.6 is 22.9 Å². The first kappa shape index (κ1) is 14.7. The Kier molecular flexibility index (Phi) is 3.79. The van der Waals surface area contributed by atoms with Crippen LogP contribution < -0.4 is 10.5 Å². The molecule has 1 N–H and O–H groups in total. The van der Waals surface area contributed by atoms with Gasteiger partial charge in [0.15, 0.2) is 0 Å². The van der Waals surface area contributed by atoms with Crippen molar-refractivity contribution < 1.29 is 0 Å². The Labute approximate surface area is 141 Å². The van der Waals surface area contributed by atoms with E-state index in [2.05, 4.69) is 21.2 Å². The number of aromatic amines is 1. The lowest BCUT2D eigenvalue weighted by atomic mass is 9.98. The molecule has 0 bridgehead atoms. The van der Waals surface area contributed by atoms with Gasteiger partial charge in [-0.1, -0.05) is 23.7 Å². The zero-order valence-electron chi connectivity index (χ0n) is 12.3. The Balaban J connectivity index is 1.64. The number of thiazole rings is 1. The van der Waals surface area contributed by atoms with Crippen LogP contribution in [-0.2, 0) is 0 Å². The fourth-order valence-corrected chi connectivity index (χ4v) is 4.36. The largest absolute Gasteiger partial charge is 0.368 e. The molecule has 2 aromatic heterocycles. The van der Waals surface area contributed by atoms with Gasteiger partial charge in [-0.05, 0) is 25.0 Å². The summed E-state index contributed by atoms with van der Waals surface area (Å²) in [5.74, 6) is 0.358. The zero-order chi connectivity index (χ0) is 15.8. The number of para-hydroxylation sites is 1. The van der Waals surface area contributed by atoms with E-state index in [1.54, 1.807) is 17.5 Å². The molecule has 3 heterocycles. The number of H-pyrrole nitrogens is 1. The number of nitrogens with zero attached hydrogens (tertiary/aromatic N) is 3. The van der Waals surface area contributed by atoms with Crippen molar-refractivity contribution in [3.05, 3.63) is 50.8 Å². The van der Waals surface area contributed by atoms with Crippen molar-refractivity contribution in [2.24, 2.45) is 0 Å². The van der Waals surface area contributed by atoms with Crippen molar-refractivity contribution >= 4 is 38.8 Å². The molecule has 1 atom stereocenters. The van der Waals surface area contributed by atoms with E-state index < -0.39 is 0 Å². The molecule has 1 aliphatic rings. The Morgan fingerprint density at radius 1 is 1.35 bits per heavy atom. The molecule has 5 nitrogen and oxygen atoms in total. The van der Waals surface area contributed by atoms with Crippen LogP contribution in [0.15, 0.2) is 35.3 Å². The molecule has 7 heteroatoms. The number of piperidine rings is 1. The van der Waals surface area contributed by atoms with E-state index in [9.17, 15) is 4.79 Å². The van der Waals surface area contributed by atoms with Gasteiger partial charge in [-0.25, -0.2) is 10.1 Å². The third-order valence-corrected chi connectivity index (χ3v) is 5.76. The Morgan fingerprint density at radius 2 is 2.22 bits per heavy atom. The zero-order valence-corrected chi connectivity index (χ0v) is 13.9. The summed E-state index contributed by atoms with van der Waals surface area (Å²) in [6.45, 7) is 1.69. The second-order valence-corrected chi connectivity index (χ2v) is 7.14. The van der Waals surface area contributed by atoms with Gasteiger partial charge < -0.3 is 4.90 Å². The van der Waals surface area contributed by atoms with Crippen LogP contribution in [0.3, 0.4) is 0 Å². The predicted molar refractivity (Wildman–Crippen MR) is 93.7 cm³/mol. The molecule has 0 spiro atoms. The average Bonchev–Trinajstić information content (AvgIpc) is 3.02. The van der Waals surface area contributed by atoms with Gasteiger partial charge in [0, 0.05) is 19.0 Å². The number of anilines is 1. The summed E-state index contributed by atoms with van der Waals surface area (Å²) in [4.78, 5) is 18.6. The smallest absolute Gasteiger partial charge is 0.285 e. The number of nitrogens with one attached hydrogen (secondary N) is 1. The predicted octanol–water partition coefficient (Wildman–Crippen LogP) is 3.42. The lowest BCUT2D eigenvalue weighted by Gasteiger charge is -2.33. The van der Waals surface area contributed by atoms with Gasteiger partial charge in [0.25, 0.3) is 5.56 Å². The highest BCUT2D eigenvalue weighted by molar-refractivity contribution is 7.18. The lowest BCUT2D eigenvalue weighted by molar-refractivity contribution is 0.508. The van der Waals surface area contributed by atoms with Gasteiger partial charge >= 0.3 is 0 Å². The fourth-order valence-electron chi connectivity index (χ4n) is 3.06. The van der Waals surface area contributed by atoms with Crippen LogP contribution in [0.25, 0.3) is 10.2 Å². The first-order chi connectivity index (χ1) is 11.2. The molecule has 1 saturated heterocycles. The number of aromatic nitrogens is 3. The van der Waals surface area contributed by atoms with Gasteiger partial charge in [-0.3, -0.25) is 4.79 Å². The van der Waals surface area contributed by atoms with Gasteiger partial charge in [0.1, 0.15) is 5.02 Å². The molecule has 4 rings (SSSR count). The first-order valence-electron chi connectivity index (χ1n) is 7.56. The van der Waals surface area contributed by atoms with Crippen molar-refractivity contribution in [2.45, 2.75) is 18.8 Å². The standard InChI is InChI=1S/C16H15ClN4OS/c17-14-12(8-18-20-15(14)22)21-7-3-4-10(9-21)16-19-11-5-1-2-6-13(11)23-16/h1-2,5-6,8,10H,3-4,7,9H2,(H,20,22)/t10-/m0/s1. The molecule has 1 aromatic carbocycles. The van der Waals surface area contributed by atoms with Crippen LogP contribution in [0, 0.1) is 0 Å². The van der Waals surface area contributed by atoms with E-state index in [4.69, 9.17) is 16.6 Å². The topological polar surface area (TPSA) is 61.9 Å². The maximum Gasteiger partial charge on any atom is 0.285 e. The maximum absolute atomic E-state index is 11.7. The van der Waals surface area contributed by atoms with Crippen molar-refractivity contribution in [1.82, 2.24) is 15.2 Å². The van der Waals surface area contributed by atoms with Crippen molar-refractivity contribution in [3.63, 3.8) is 0 Å². The quantitative estimate of drug-likeness (QED) is 0.772. The van der Waals surface area contributed by atoms with E-state index >= 15 is 0 Å². The number of benzene rings is 1. The fraction of sp³-hybridized carbons (Fsp3) is 0.312. The monoisotopic (exact) mass is 346 g/mol. The minimum atomic E-state index is -0.341. The van der Waals surface area contributed by atoms with Crippen LogP contribution in [0.1, 0.15) is 23.8 Å². The van der Waals surface area contributed by atoms with Gasteiger partial charge in [-0.15, -0.1) is 11.3 Å². The second-order valence-electron chi connectivity index (χ2n) is 5.70. The molecular weight excluding hydrogens is 332 g/mol. The number of hydrogen-bond acceptors (Lipinski definition) is 5. The minimum absolute atomic E-state index is 0.213. The molecule has 0 amide bonds. The van der Waals surface area contributed by atoms with Gasteiger partial charge in [-0.2, -0.15) is 5.10 Å². The second kappa shape index (κ2) is 5.94. The van der Waals surface area contributed by atoms with E-state index in [1.165, 1.54) is 4.70 Å². The maximum atomic E-state index is 11.7. The van der Waals surface area contributed by atoms with E-state index in [-0.39, 0.29) is 10.6 Å². The van der Waals surface area contributed by atoms with Gasteiger partial charge in [0.2, 0.25) is 0 Å².